The van der Waals surface area contributed by atoms with Crippen LogP contribution in [0, 0.1) is 0 Å². The predicted octanol–water partition coefficient (Wildman–Crippen LogP) is 12.6. The third-order valence-electron chi connectivity index (χ3n) is 10.9. The van der Waals surface area contributed by atoms with Gasteiger partial charge in [-0.25, -0.2) is 15.0 Å². The maximum absolute atomic E-state index is 5.14. The van der Waals surface area contributed by atoms with Crippen molar-refractivity contribution in [2.45, 2.75) is 5.41 Å². The van der Waals surface area contributed by atoms with Crippen LogP contribution in [-0.4, -0.2) is 15.0 Å². The highest BCUT2D eigenvalue weighted by atomic mass is 15.0. The molecule has 0 saturated heterocycles. The first-order chi connectivity index (χ1) is 27.3. The summed E-state index contributed by atoms with van der Waals surface area (Å²) in [6, 6.07) is 75.2. The van der Waals surface area contributed by atoms with Crippen LogP contribution in [-0.2, 0) is 5.41 Å². The van der Waals surface area contributed by atoms with E-state index < -0.39 is 5.41 Å². The van der Waals surface area contributed by atoms with E-state index in [4.69, 9.17) is 15.0 Å². The third-order valence-corrected chi connectivity index (χ3v) is 10.9. The van der Waals surface area contributed by atoms with Gasteiger partial charge in [-0.1, -0.05) is 212 Å². The monoisotopic (exact) mass is 701 g/mol. The number of rotatable bonds is 7. The Kier molecular flexibility index (Phi) is 8.04. The number of benzene rings is 8. The van der Waals surface area contributed by atoms with Gasteiger partial charge in [0.15, 0.2) is 17.5 Å². The molecule has 10 rings (SSSR count). The average Bonchev–Trinajstić information content (AvgIpc) is 3.59. The summed E-state index contributed by atoms with van der Waals surface area (Å²) in [5.41, 5.74) is 14.6. The van der Waals surface area contributed by atoms with E-state index >= 15 is 0 Å². The molecule has 0 radical (unpaired) electrons. The molecule has 1 aromatic heterocycles. The lowest BCUT2D eigenvalue weighted by Gasteiger charge is -2.34. The maximum atomic E-state index is 5.14. The van der Waals surface area contributed by atoms with Gasteiger partial charge >= 0.3 is 0 Å². The van der Waals surface area contributed by atoms with Crippen LogP contribution in [0.25, 0.3) is 67.5 Å². The Bertz CT molecular complexity index is 2740. The van der Waals surface area contributed by atoms with Gasteiger partial charge in [-0.2, -0.15) is 0 Å². The summed E-state index contributed by atoms with van der Waals surface area (Å²) in [4.78, 5) is 15.2. The van der Waals surface area contributed by atoms with E-state index in [1.54, 1.807) is 0 Å². The van der Waals surface area contributed by atoms with Gasteiger partial charge in [0, 0.05) is 16.7 Å². The summed E-state index contributed by atoms with van der Waals surface area (Å²) in [5.74, 6) is 1.92. The molecule has 0 aliphatic heterocycles. The standard InChI is InChI=1S/C52H35N3/c1-5-18-36(19-6-1)42-26-13-14-27-44(42)51-54-49(38-20-7-2-8-21-38)53-50(55-51)39-34-32-37(33-35-39)43-29-17-31-47-48(43)45-28-15-16-30-46(45)52(47,40-22-9-3-10-23-40)41-24-11-4-12-25-41/h1-35H. The van der Waals surface area contributed by atoms with Crippen LogP contribution >= 0.6 is 0 Å². The van der Waals surface area contributed by atoms with Crippen molar-refractivity contribution in [1.29, 1.82) is 0 Å². The molecule has 3 nitrogen and oxygen atoms in total. The number of hydrogen-bond donors (Lipinski definition) is 0. The van der Waals surface area contributed by atoms with Gasteiger partial charge in [-0.05, 0) is 55.6 Å². The van der Waals surface area contributed by atoms with Gasteiger partial charge in [-0.15, -0.1) is 0 Å². The zero-order valence-electron chi connectivity index (χ0n) is 30.0. The van der Waals surface area contributed by atoms with Crippen LogP contribution in [0.2, 0.25) is 0 Å². The number of fused-ring (bicyclic) bond motifs is 3. The van der Waals surface area contributed by atoms with Crippen molar-refractivity contribution in [2.24, 2.45) is 0 Å². The lowest BCUT2D eigenvalue weighted by Crippen LogP contribution is -2.28. The highest BCUT2D eigenvalue weighted by Gasteiger charge is 2.46. The molecule has 8 aromatic carbocycles. The molecule has 1 aliphatic rings. The molecular formula is C52H35N3. The van der Waals surface area contributed by atoms with Gasteiger partial charge in [-0.3, -0.25) is 0 Å². The lowest BCUT2D eigenvalue weighted by molar-refractivity contribution is 0.768. The first-order valence-corrected chi connectivity index (χ1v) is 18.7. The summed E-state index contributed by atoms with van der Waals surface area (Å²) in [5, 5.41) is 0. The second kappa shape index (κ2) is 13.6. The summed E-state index contributed by atoms with van der Waals surface area (Å²) >= 11 is 0. The summed E-state index contributed by atoms with van der Waals surface area (Å²) in [6.45, 7) is 0. The predicted molar refractivity (Wildman–Crippen MR) is 224 cm³/mol. The van der Waals surface area contributed by atoms with Crippen molar-refractivity contribution in [2.75, 3.05) is 0 Å². The molecule has 0 fully saturated rings. The minimum Gasteiger partial charge on any atom is -0.208 e. The molecule has 258 valence electrons. The highest BCUT2D eigenvalue weighted by molar-refractivity contribution is 5.95. The largest absolute Gasteiger partial charge is 0.208 e. The molecule has 1 heterocycles. The molecule has 0 atom stereocenters. The number of hydrogen-bond acceptors (Lipinski definition) is 3. The Morgan fingerprint density at radius 3 is 1.27 bits per heavy atom. The Balaban J connectivity index is 1.12. The van der Waals surface area contributed by atoms with E-state index in [0.29, 0.717) is 17.5 Å². The summed E-state index contributed by atoms with van der Waals surface area (Å²) in [7, 11) is 0. The van der Waals surface area contributed by atoms with Crippen molar-refractivity contribution < 1.29 is 0 Å². The number of aromatic nitrogens is 3. The van der Waals surface area contributed by atoms with Crippen LogP contribution in [0.4, 0.5) is 0 Å². The Labute approximate surface area is 321 Å². The fraction of sp³-hybridized carbons (Fsp3) is 0.0192. The molecule has 55 heavy (non-hydrogen) atoms. The molecule has 0 unspecified atom stereocenters. The molecular weight excluding hydrogens is 667 g/mol. The Morgan fingerprint density at radius 2 is 0.655 bits per heavy atom. The fourth-order valence-corrected chi connectivity index (χ4v) is 8.42. The quantitative estimate of drug-likeness (QED) is 0.166. The van der Waals surface area contributed by atoms with E-state index in [1.807, 2.05) is 42.5 Å². The highest BCUT2D eigenvalue weighted by Crippen LogP contribution is 2.58. The molecule has 3 heteroatoms. The van der Waals surface area contributed by atoms with Gasteiger partial charge < -0.3 is 0 Å². The van der Waals surface area contributed by atoms with E-state index in [-0.39, 0.29) is 0 Å². The normalized spacial score (nSPS) is 12.5. The van der Waals surface area contributed by atoms with Gasteiger partial charge in [0.05, 0.1) is 5.41 Å². The first-order valence-electron chi connectivity index (χ1n) is 18.7. The van der Waals surface area contributed by atoms with Crippen molar-refractivity contribution >= 4 is 0 Å². The van der Waals surface area contributed by atoms with Crippen LogP contribution in [0.3, 0.4) is 0 Å². The van der Waals surface area contributed by atoms with E-state index in [2.05, 4.69) is 170 Å². The van der Waals surface area contributed by atoms with E-state index in [0.717, 1.165) is 33.4 Å². The minimum absolute atomic E-state index is 0.449. The molecule has 0 saturated carbocycles. The van der Waals surface area contributed by atoms with Gasteiger partial charge in [0.2, 0.25) is 0 Å². The summed E-state index contributed by atoms with van der Waals surface area (Å²) < 4.78 is 0. The van der Waals surface area contributed by atoms with E-state index in [1.165, 1.54) is 38.9 Å². The van der Waals surface area contributed by atoms with Crippen LogP contribution < -0.4 is 0 Å². The van der Waals surface area contributed by atoms with Crippen LogP contribution in [0.1, 0.15) is 22.3 Å². The molecule has 0 N–H and O–H groups in total. The van der Waals surface area contributed by atoms with Crippen molar-refractivity contribution in [3.8, 4) is 67.5 Å². The SMILES string of the molecule is c1ccc(-c2nc(-c3ccc(-c4cccc5c4-c4ccccc4C5(c4ccccc4)c4ccccc4)cc3)nc(-c3ccccc3-c3ccccc3)n2)cc1. The van der Waals surface area contributed by atoms with Crippen molar-refractivity contribution in [3.05, 3.63) is 235 Å². The third kappa shape index (κ3) is 5.48. The van der Waals surface area contributed by atoms with E-state index in [9.17, 15) is 0 Å². The van der Waals surface area contributed by atoms with Gasteiger partial charge in [0.1, 0.15) is 0 Å². The molecule has 1 aliphatic carbocycles. The van der Waals surface area contributed by atoms with Crippen LogP contribution in [0.5, 0.6) is 0 Å². The fourth-order valence-electron chi connectivity index (χ4n) is 8.42. The first kappa shape index (κ1) is 32.4. The Hall–Kier alpha value is -7.23. The minimum atomic E-state index is -0.449. The smallest absolute Gasteiger partial charge is 0.164 e. The van der Waals surface area contributed by atoms with Crippen molar-refractivity contribution in [1.82, 2.24) is 15.0 Å². The van der Waals surface area contributed by atoms with Gasteiger partial charge in [0.25, 0.3) is 0 Å². The number of nitrogens with zero attached hydrogens (tertiary/aromatic N) is 3. The Morgan fingerprint density at radius 1 is 0.255 bits per heavy atom. The molecule has 0 spiro atoms. The maximum Gasteiger partial charge on any atom is 0.164 e. The van der Waals surface area contributed by atoms with Crippen LogP contribution in [0.15, 0.2) is 212 Å². The lowest BCUT2D eigenvalue weighted by atomic mass is 9.67. The van der Waals surface area contributed by atoms with Crippen molar-refractivity contribution in [3.63, 3.8) is 0 Å². The molecule has 0 amide bonds. The average molecular weight is 702 g/mol. The summed E-state index contributed by atoms with van der Waals surface area (Å²) in [6.07, 6.45) is 0. The second-order valence-corrected chi connectivity index (χ2v) is 13.9. The zero-order chi connectivity index (χ0) is 36.6. The second-order valence-electron chi connectivity index (χ2n) is 13.9. The topological polar surface area (TPSA) is 38.7 Å². The molecule has 9 aromatic rings. The molecule has 0 bridgehead atoms. The zero-order valence-corrected chi connectivity index (χ0v) is 30.0.